The molecule has 0 aliphatic carbocycles. The van der Waals surface area contributed by atoms with E-state index >= 15 is 0 Å². The lowest BCUT2D eigenvalue weighted by atomic mass is 10.0. The number of methoxy groups -OCH3 is 1. The summed E-state index contributed by atoms with van der Waals surface area (Å²) < 4.78 is 5.37. The van der Waals surface area contributed by atoms with Crippen LogP contribution in [-0.4, -0.2) is 12.1 Å². The van der Waals surface area contributed by atoms with Gasteiger partial charge in [-0.3, -0.25) is 4.79 Å². The number of hydrogen-bond acceptors (Lipinski definition) is 2. The summed E-state index contributed by atoms with van der Waals surface area (Å²) in [5, 5.41) is 0.701. The summed E-state index contributed by atoms with van der Waals surface area (Å²) in [5.41, 5.74) is 2.90. The van der Waals surface area contributed by atoms with Crippen LogP contribution in [0.5, 0.6) is 0 Å². The summed E-state index contributed by atoms with van der Waals surface area (Å²) >= 11 is 0. The molecule has 0 spiro atoms. The normalized spacial score (nSPS) is 11.8. The van der Waals surface area contributed by atoms with Gasteiger partial charge in [-0.15, -0.1) is 0 Å². The van der Waals surface area contributed by atoms with Gasteiger partial charge in [-0.2, -0.15) is 0 Å². The molecule has 2 aromatic rings. The Kier molecular flexibility index (Phi) is 3.51. The first-order valence-corrected chi connectivity index (χ1v) is 6.04. The summed E-state index contributed by atoms with van der Waals surface area (Å²) in [7, 11) is 1.65. The molecule has 0 radical (unpaired) electrons. The number of hydrogen-bond donors (Lipinski definition) is 1. The van der Waals surface area contributed by atoms with Gasteiger partial charge in [-0.05, 0) is 37.1 Å². The molecule has 0 saturated carbocycles. The maximum atomic E-state index is 11.9. The van der Waals surface area contributed by atoms with Gasteiger partial charge in [0.05, 0.1) is 12.6 Å². The predicted octanol–water partition coefficient (Wildman–Crippen LogP) is 3.23. The number of allylic oxidation sites excluding steroid dienone is 1. The van der Waals surface area contributed by atoms with Gasteiger partial charge in [0.25, 0.3) is 0 Å². The van der Waals surface area contributed by atoms with Crippen LogP contribution in [0.2, 0.25) is 0 Å². The number of nitrogens with one attached hydrogen (secondary N) is 1. The second kappa shape index (κ2) is 5.08. The molecule has 18 heavy (non-hydrogen) atoms. The molecule has 0 fully saturated rings. The van der Waals surface area contributed by atoms with Gasteiger partial charge in [-0.25, -0.2) is 0 Å². The van der Waals surface area contributed by atoms with Gasteiger partial charge in [0, 0.05) is 23.2 Å². The molecule has 94 valence electrons. The molecule has 0 atom stereocenters. The first-order valence-electron chi connectivity index (χ1n) is 6.04. The largest absolute Gasteiger partial charge is 0.496 e. The third kappa shape index (κ3) is 2.16. The Bertz CT molecular complexity index is 653. The molecule has 2 rings (SSSR count). The van der Waals surface area contributed by atoms with Crippen molar-refractivity contribution in [3.05, 3.63) is 51.8 Å². The van der Waals surface area contributed by atoms with Crippen molar-refractivity contribution >= 4 is 16.7 Å². The molecule has 1 aromatic carbocycles. The highest BCUT2D eigenvalue weighted by atomic mass is 16.5. The Morgan fingerprint density at radius 1 is 1.44 bits per heavy atom. The fourth-order valence-corrected chi connectivity index (χ4v) is 2.11. The summed E-state index contributed by atoms with van der Waals surface area (Å²) in [6.45, 7) is 4.04. The van der Waals surface area contributed by atoms with E-state index in [9.17, 15) is 4.79 Å². The van der Waals surface area contributed by atoms with E-state index in [0.29, 0.717) is 5.39 Å². The average molecular weight is 243 g/mol. The number of aryl methyl sites for hydroxylation is 1. The highest BCUT2D eigenvalue weighted by molar-refractivity contribution is 5.85. The predicted molar refractivity (Wildman–Crippen MR) is 74.6 cm³/mol. The van der Waals surface area contributed by atoms with Crippen LogP contribution >= 0.6 is 0 Å². The van der Waals surface area contributed by atoms with Gasteiger partial charge >= 0.3 is 0 Å². The molecule has 1 heterocycles. The first-order chi connectivity index (χ1) is 8.67. The third-order valence-corrected chi connectivity index (χ3v) is 2.96. The minimum Gasteiger partial charge on any atom is -0.496 e. The van der Waals surface area contributed by atoms with Crippen molar-refractivity contribution in [1.29, 1.82) is 0 Å². The van der Waals surface area contributed by atoms with Crippen molar-refractivity contribution in [3.8, 4) is 0 Å². The maximum Gasteiger partial charge on any atom is 0.189 e. The smallest absolute Gasteiger partial charge is 0.189 e. The highest BCUT2D eigenvalue weighted by Gasteiger charge is 2.07. The Labute approximate surface area is 106 Å². The van der Waals surface area contributed by atoms with Gasteiger partial charge < -0.3 is 9.72 Å². The number of H-pyrrole nitrogens is 1. The number of benzene rings is 1. The summed E-state index contributed by atoms with van der Waals surface area (Å²) in [6.07, 6.45) is 4.58. The van der Waals surface area contributed by atoms with E-state index in [4.69, 9.17) is 4.74 Å². The van der Waals surface area contributed by atoms with Crippen LogP contribution in [0.15, 0.2) is 35.3 Å². The number of ether oxygens (including phenoxy) is 1. The minimum absolute atomic E-state index is 0.0284. The Hall–Kier alpha value is -2.03. The molecule has 0 unspecified atom stereocenters. The molecular formula is C15H17NO2. The fraction of sp³-hybridized carbons (Fsp3) is 0.267. The van der Waals surface area contributed by atoms with E-state index in [2.05, 4.69) is 11.9 Å². The van der Waals surface area contributed by atoms with E-state index in [1.807, 2.05) is 25.1 Å². The third-order valence-electron chi connectivity index (χ3n) is 2.96. The molecule has 1 aromatic heterocycles. The molecule has 0 amide bonds. The zero-order valence-corrected chi connectivity index (χ0v) is 10.9. The van der Waals surface area contributed by atoms with Crippen molar-refractivity contribution in [1.82, 2.24) is 4.98 Å². The number of rotatable bonds is 3. The Morgan fingerprint density at radius 2 is 2.22 bits per heavy atom. The Morgan fingerprint density at radius 3 is 2.89 bits per heavy atom. The monoisotopic (exact) mass is 243 g/mol. The second-order valence-electron chi connectivity index (χ2n) is 4.24. The van der Waals surface area contributed by atoms with E-state index in [1.54, 1.807) is 19.4 Å². The molecule has 1 N–H and O–H groups in total. The van der Waals surface area contributed by atoms with Gasteiger partial charge in [-0.1, -0.05) is 6.92 Å². The summed E-state index contributed by atoms with van der Waals surface area (Å²) in [4.78, 5) is 15.0. The van der Waals surface area contributed by atoms with Crippen molar-refractivity contribution < 1.29 is 4.74 Å². The van der Waals surface area contributed by atoms with Crippen molar-refractivity contribution in [2.24, 2.45) is 0 Å². The quantitative estimate of drug-likeness (QED) is 0.841. The molecule has 3 heteroatoms. The maximum absolute atomic E-state index is 11.9. The van der Waals surface area contributed by atoms with Crippen LogP contribution in [0.1, 0.15) is 24.5 Å². The zero-order valence-electron chi connectivity index (χ0n) is 10.9. The first kappa shape index (κ1) is 12.4. The van der Waals surface area contributed by atoms with Crippen molar-refractivity contribution in [3.63, 3.8) is 0 Å². The SMILES string of the molecule is CC/C=C(/OC)c1cc(C)c2[nH]ccc(=O)c2c1. The van der Waals surface area contributed by atoms with Crippen LogP contribution < -0.4 is 5.43 Å². The highest BCUT2D eigenvalue weighted by Crippen LogP contribution is 2.22. The lowest BCUT2D eigenvalue weighted by molar-refractivity contribution is 0.369. The van der Waals surface area contributed by atoms with Crippen LogP contribution in [-0.2, 0) is 4.74 Å². The van der Waals surface area contributed by atoms with Crippen molar-refractivity contribution in [2.45, 2.75) is 20.3 Å². The van der Waals surface area contributed by atoms with E-state index in [-0.39, 0.29) is 5.43 Å². The summed E-state index contributed by atoms with van der Waals surface area (Å²) in [5.74, 6) is 0.811. The lowest BCUT2D eigenvalue weighted by Crippen LogP contribution is -2.02. The fourth-order valence-electron chi connectivity index (χ4n) is 2.11. The van der Waals surface area contributed by atoms with Crippen molar-refractivity contribution in [2.75, 3.05) is 7.11 Å². The summed E-state index contributed by atoms with van der Waals surface area (Å²) in [6, 6.07) is 5.46. The number of aromatic amines is 1. The molecule has 0 saturated heterocycles. The van der Waals surface area contributed by atoms with Crippen LogP contribution in [0.25, 0.3) is 16.7 Å². The van der Waals surface area contributed by atoms with Crippen LogP contribution in [0.3, 0.4) is 0 Å². The number of pyridine rings is 1. The zero-order chi connectivity index (χ0) is 13.1. The van der Waals surface area contributed by atoms with Crippen LogP contribution in [0, 0.1) is 6.92 Å². The second-order valence-corrected chi connectivity index (χ2v) is 4.24. The van der Waals surface area contributed by atoms with Crippen LogP contribution in [0.4, 0.5) is 0 Å². The molecular weight excluding hydrogens is 226 g/mol. The molecule has 0 bridgehead atoms. The van der Waals surface area contributed by atoms with E-state index < -0.39 is 0 Å². The Balaban J connectivity index is 2.72. The average Bonchev–Trinajstić information content (AvgIpc) is 2.37. The topological polar surface area (TPSA) is 42.1 Å². The molecule has 0 aliphatic rings. The lowest BCUT2D eigenvalue weighted by Gasteiger charge is -2.09. The molecule has 3 nitrogen and oxygen atoms in total. The number of fused-ring (bicyclic) bond motifs is 1. The standard InChI is InChI=1S/C15H17NO2/c1-4-5-14(18-3)11-8-10(2)15-12(9-11)13(17)6-7-16-15/h5-9H,4H2,1-3H3,(H,16,17)/b14-5+. The van der Waals surface area contributed by atoms with Gasteiger partial charge in [0.2, 0.25) is 0 Å². The minimum atomic E-state index is 0.0284. The van der Waals surface area contributed by atoms with E-state index in [0.717, 1.165) is 28.8 Å². The van der Waals surface area contributed by atoms with Gasteiger partial charge in [0.15, 0.2) is 5.43 Å². The molecule has 0 aliphatic heterocycles. The van der Waals surface area contributed by atoms with Gasteiger partial charge in [0.1, 0.15) is 5.76 Å². The number of aromatic nitrogens is 1. The van der Waals surface area contributed by atoms with E-state index in [1.165, 1.54) is 0 Å².